The topological polar surface area (TPSA) is 42.1 Å². The van der Waals surface area contributed by atoms with E-state index in [2.05, 4.69) is 43.3 Å². The Labute approximate surface area is 136 Å². The predicted octanol–water partition coefficient (Wildman–Crippen LogP) is 4.75. The monoisotopic (exact) mass is 317 g/mol. The Morgan fingerprint density at radius 2 is 1.86 bits per heavy atom. The number of benzene rings is 1. The summed E-state index contributed by atoms with van der Waals surface area (Å²) >= 11 is 0. The predicted molar refractivity (Wildman–Crippen MR) is 103 cm³/mol. The Bertz CT molecular complexity index is 623. The number of nitrogens with zero attached hydrogens (tertiary/aromatic N) is 2. The molecule has 2 heterocycles. The zero-order valence-corrected chi connectivity index (χ0v) is 15.3. The average Bonchev–Trinajstić information content (AvgIpc) is 2.59. The van der Waals surface area contributed by atoms with Gasteiger partial charge in [0, 0.05) is 24.7 Å². The van der Waals surface area contributed by atoms with Crippen LogP contribution in [0.15, 0.2) is 36.5 Å². The van der Waals surface area contributed by atoms with E-state index in [9.17, 15) is 0 Å². The summed E-state index contributed by atoms with van der Waals surface area (Å²) in [4.78, 5) is 4.15. The molecule has 1 aromatic carbocycles. The van der Waals surface area contributed by atoms with Gasteiger partial charge in [0.05, 0.1) is 0 Å². The van der Waals surface area contributed by atoms with Crippen LogP contribution in [0.2, 0.25) is 0 Å². The maximum absolute atomic E-state index is 5.93. The van der Waals surface area contributed by atoms with Gasteiger partial charge in [-0.25, -0.2) is 4.98 Å². The molecule has 3 rings (SSSR count). The maximum Gasteiger partial charge on any atom is 0.131 e. The molecule has 0 saturated carbocycles. The number of nitrogens with two attached hydrogens (primary N) is 1. The highest BCUT2D eigenvalue weighted by Crippen LogP contribution is 2.28. The molecule has 120 valence electrons. The van der Waals surface area contributed by atoms with Crippen molar-refractivity contribution in [3.05, 3.63) is 42.1 Å². The molecule has 22 heavy (non-hydrogen) atoms. The molecule has 2 N–H and O–H groups in total. The van der Waals surface area contributed by atoms with Gasteiger partial charge in [-0.1, -0.05) is 55.3 Å². The summed E-state index contributed by atoms with van der Waals surface area (Å²) in [6.45, 7) is 10.1. The Hall–Kier alpha value is -1.44. The lowest BCUT2D eigenvalue weighted by Gasteiger charge is -2.22. The molecular weight excluding hydrogens is 289 g/mol. The van der Waals surface area contributed by atoms with Crippen LogP contribution in [-0.2, 0) is 0 Å². The quantitative estimate of drug-likeness (QED) is 0.772. The van der Waals surface area contributed by atoms with E-state index in [1.54, 1.807) is 6.20 Å². The molecule has 1 aliphatic rings. The van der Waals surface area contributed by atoms with E-state index in [4.69, 9.17) is 5.73 Å². The Morgan fingerprint density at radius 3 is 2.50 bits per heavy atom. The van der Waals surface area contributed by atoms with Gasteiger partial charge in [-0.3, -0.25) is 4.67 Å². The summed E-state index contributed by atoms with van der Waals surface area (Å²) in [5.74, 6) is 0.610. The molecule has 4 heteroatoms. The van der Waals surface area contributed by atoms with Gasteiger partial charge in [0.15, 0.2) is 0 Å². The molecule has 0 aliphatic carbocycles. The van der Waals surface area contributed by atoms with E-state index in [1.807, 2.05) is 33.8 Å². The van der Waals surface area contributed by atoms with Crippen molar-refractivity contribution in [1.29, 1.82) is 0 Å². The van der Waals surface area contributed by atoms with E-state index in [0.29, 0.717) is 5.82 Å². The summed E-state index contributed by atoms with van der Waals surface area (Å²) in [5.41, 5.74) is 8.60. The first-order valence-corrected chi connectivity index (χ1v) is 8.59. The summed E-state index contributed by atoms with van der Waals surface area (Å²) < 4.78 is 2.24. The first-order chi connectivity index (χ1) is 10.7. The van der Waals surface area contributed by atoms with Crippen molar-refractivity contribution in [3.8, 4) is 0 Å². The highest BCUT2D eigenvalue weighted by atomic mass is 31.0. The number of aromatic nitrogens is 1. The second-order valence-corrected chi connectivity index (χ2v) is 5.34. The largest absolute Gasteiger partial charge is 0.383 e. The fourth-order valence-corrected chi connectivity index (χ4v) is 2.57. The zero-order chi connectivity index (χ0) is 16.5. The van der Waals surface area contributed by atoms with Gasteiger partial charge in [-0.2, -0.15) is 0 Å². The Kier molecular flexibility index (Phi) is 8.08. The van der Waals surface area contributed by atoms with E-state index in [1.165, 1.54) is 11.1 Å². The third kappa shape index (κ3) is 4.53. The van der Waals surface area contributed by atoms with E-state index >= 15 is 0 Å². The van der Waals surface area contributed by atoms with Crippen molar-refractivity contribution in [2.24, 2.45) is 0 Å². The molecule has 0 bridgehead atoms. The summed E-state index contributed by atoms with van der Waals surface area (Å²) in [6.07, 6.45) is 5.11. The van der Waals surface area contributed by atoms with Crippen LogP contribution in [0, 0.1) is 0 Å². The molecule has 1 aliphatic heterocycles. The molecule has 0 spiro atoms. The second kappa shape index (κ2) is 9.55. The first kappa shape index (κ1) is 18.6. The molecule has 1 atom stereocenters. The van der Waals surface area contributed by atoms with Crippen LogP contribution in [0.1, 0.15) is 39.7 Å². The number of rotatable bonds is 1. The number of nitrogen functional groups attached to an aromatic ring is 1. The summed E-state index contributed by atoms with van der Waals surface area (Å²) in [7, 11) is 2.75. The SMILES string of the molecule is CC.CC.Nc1nccc2ccc(C3=CCN(P)CC3)cc12. The van der Waals surface area contributed by atoms with Gasteiger partial charge in [0.25, 0.3) is 0 Å². The van der Waals surface area contributed by atoms with Gasteiger partial charge < -0.3 is 5.73 Å². The van der Waals surface area contributed by atoms with Crippen LogP contribution in [0.25, 0.3) is 16.3 Å². The molecule has 1 unspecified atom stereocenters. The first-order valence-electron chi connectivity index (χ1n) is 8.07. The molecular formula is C18H28N3P. The van der Waals surface area contributed by atoms with E-state index in [0.717, 1.165) is 30.3 Å². The Morgan fingerprint density at radius 1 is 1.14 bits per heavy atom. The fourth-order valence-electron chi connectivity index (χ4n) is 2.34. The minimum Gasteiger partial charge on any atom is -0.383 e. The lowest BCUT2D eigenvalue weighted by atomic mass is 9.98. The number of fused-ring (bicyclic) bond motifs is 1. The van der Waals surface area contributed by atoms with Gasteiger partial charge >= 0.3 is 0 Å². The highest BCUT2D eigenvalue weighted by molar-refractivity contribution is 7.13. The van der Waals surface area contributed by atoms with Gasteiger partial charge in [-0.15, -0.1) is 0 Å². The number of anilines is 1. The highest BCUT2D eigenvalue weighted by Gasteiger charge is 2.10. The molecule has 0 radical (unpaired) electrons. The van der Waals surface area contributed by atoms with Gasteiger partial charge in [-0.05, 0) is 35.1 Å². The molecule has 1 aromatic heterocycles. The van der Waals surface area contributed by atoms with Crippen LogP contribution in [0.3, 0.4) is 0 Å². The van der Waals surface area contributed by atoms with Crippen molar-refractivity contribution < 1.29 is 0 Å². The van der Waals surface area contributed by atoms with Gasteiger partial charge in [0.2, 0.25) is 0 Å². The molecule has 0 saturated heterocycles. The summed E-state index contributed by atoms with van der Waals surface area (Å²) in [5, 5.41) is 2.19. The zero-order valence-electron chi connectivity index (χ0n) is 14.1. The van der Waals surface area contributed by atoms with Gasteiger partial charge in [0.1, 0.15) is 5.82 Å². The van der Waals surface area contributed by atoms with Crippen molar-refractivity contribution in [2.45, 2.75) is 34.1 Å². The van der Waals surface area contributed by atoms with E-state index < -0.39 is 0 Å². The molecule has 2 aromatic rings. The van der Waals surface area contributed by atoms with Crippen molar-refractivity contribution >= 4 is 31.6 Å². The minimum atomic E-state index is 0.610. The van der Waals surface area contributed by atoms with Crippen LogP contribution >= 0.6 is 9.39 Å². The third-order valence-corrected chi connectivity index (χ3v) is 3.88. The maximum atomic E-state index is 5.93. The summed E-state index contributed by atoms with van der Waals surface area (Å²) in [6, 6.07) is 8.44. The van der Waals surface area contributed by atoms with Crippen LogP contribution in [0.4, 0.5) is 5.82 Å². The van der Waals surface area contributed by atoms with Crippen molar-refractivity contribution in [3.63, 3.8) is 0 Å². The smallest absolute Gasteiger partial charge is 0.131 e. The fraction of sp³-hybridized carbons (Fsp3) is 0.389. The molecule has 0 amide bonds. The lowest BCUT2D eigenvalue weighted by Crippen LogP contribution is -2.17. The van der Waals surface area contributed by atoms with Crippen LogP contribution in [-0.4, -0.2) is 22.7 Å². The molecule has 0 fully saturated rings. The second-order valence-electron chi connectivity index (χ2n) is 4.61. The lowest BCUT2D eigenvalue weighted by molar-refractivity contribution is 0.515. The normalized spacial score (nSPS) is 14.3. The standard InChI is InChI=1S/C14H16N3P.2C2H6/c15-14-13-9-12(2-1-11(13)3-6-16-14)10-4-7-17(18)8-5-10;2*1-2/h1-4,6,9H,5,7-8,18H2,(H2,15,16);2*1-2H3. The third-order valence-electron chi connectivity index (χ3n) is 3.41. The molecule has 3 nitrogen and oxygen atoms in total. The van der Waals surface area contributed by atoms with Crippen molar-refractivity contribution in [1.82, 2.24) is 9.65 Å². The Balaban J connectivity index is 0.000000561. The number of hydrogen-bond acceptors (Lipinski definition) is 3. The number of pyridine rings is 1. The average molecular weight is 317 g/mol. The van der Waals surface area contributed by atoms with Crippen LogP contribution in [0.5, 0.6) is 0 Å². The van der Waals surface area contributed by atoms with Crippen molar-refractivity contribution in [2.75, 3.05) is 18.8 Å². The number of hydrogen-bond donors (Lipinski definition) is 1. The van der Waals surface area contributed by atoms with Crippen LogP contribution < -0.4 is 5.73 Å². The van der Waals surface area contributed by atoms with E-state index in [-0.39, 0.29) is 0 Å². The minimum absolute atomic E-state index is 0.610.